The highest BCUT2D eigenvalue weighted by Crippen LogP contribution is 2.02. The Morgan fingerprint density at radius 3 is 2.55 bits per heavy atom. The van der Waals surface area contributed by atoms with Crippen LogP contribution in [0, 0.1) is 0 Å². The molecule has 0 fully saturated rings. The minimum absolute atomic E-state index is 0.0787. The van der Waals surface area contributed by atoms with E-state index >= 15 is 0 Å². The van der Waals surface area contributed by atoms with E-state index < -0.39 is 5.97 Å². The van der Waals surface area contributed by atoms with E-state index in [-0.39, 0.29) is 5.57 Å². The van der Waals surface area contributed by atoms with Crippen LogP contribution in [0.4, 0.5) is 0 Å². The molecule has 0 saturated carbocycles. The van der Waals surface area contributed by atoms with E-state index in [1.165, 1.54) is 6.08 Å². The number of rotatable bonds is 3. The van der Waals surface area contributed by atoms with Crippen molar-refractivity contribution in [2.24, 2.45) is 0 Å². The van der Waals surface area contributed by atoms with Gasteiger partial charge in [-0.1, -0.05) is 34.7 Å². The lowest BCUT2D eigenvalue weighted by Gasteiger charge is -1.86. The summed E-state index contributed by atoms with van der Waals surface area (Å²) in [5.74, 6) is -0.998. The van der Waals surface area contributed by atoms with E-state index in [2.05, 4.69) is 22.5 Å². The van der Waals surface area contributed by atoms with Gasteiger partial charge >= 0.3 is 5.97 Å². The predicted octanol–water partition coefficient (Wildman–Crippen LogP) is 2.48. The van der Waals surface area contributed by atoms with E-state index in [1.807, 2.05) is 6.92 Å². The molecule has 0 atom stereocenters. The van der Waals surface area contributed by atoms with E-state index in [0.29, 0.717) is 0 Å². The summed E-state index contributed by atoms with van der Waals surface area (Å²) in [6.07, 6.45) is 4.81. The standard InChI is InChI=1S/C8H9BrO2/c1-6(8(10)11)4-3-5-7(2)9/h3-5H,1H2,2H3,(H,10,11)/b4-3-,7-5+. The van der Waals surface area contributed by atoms with Crippen molar-refractivity contribution in [3.63, 3.8) is 0 Å². The molecule has 11 heavy (non-hydrogen) atoms. The van der Waals surface area contributed by atoms with Crippen LogP contribution in [-0.4, -0.2) is 11.1 Å². The van der Waals surface area contributed by atoms with Crippen molar-refractivity contribution in [3.05, 3.63) is 34.9 Å². The van der Waals surface area contributed by atoms with Gasteiger partial charge < -0.3 is 5.11 Å². The molecule has 1 N–H and O–H groups in total. The van der Waals surface area contributed by atoms with Crippen LogP contribution in [0.2, 0.25) is 0 Å². The van der Waals surface area contributed by atoms with Gasteiger partial charge in [-0.15, -0.1) is 0 Å². The lowest BCUT2D eigenvalue weighted by atomic mass is 10.3. The maximum Gasteiger partial charge on any atom is 0.335 e. The predicted molar refractivity (Wildman–Crippen MR) is 48.6 cm³/mol. The highest BCUT2D eigenvalue weighted by molar-refractivity contribution is 9.11. The highest BCUT2D eigenvalue weighted by atomic mass is 79.9. The number of aliphatic carboxylic acids is 1. The van der Waals surface area contributed by atoms with Gasteiger partial charge in [-0.2, -0.15) is 0 Å². The average molecular weight is 217 g/mol. The van der Waals surface area contributed by atoms with Gasteiger partial charge in [0.05, 0.1) is 5.57 Å². The van der Waals surface area contributed by atoms with Gasteiger partial charge in [0, 0.05) is 0 Å². The third-order valence-electron chi connectivity index (χ3n) is 0.898. The molecule has 0 aliphatic rings. The first-order valence-corrected chi connectivity index (χ1v) is 3.76. The molecule has 0 aliphatic carbocycles. The van der Waals surface area contributed by atoms with Crippen molar-refractivity contribution in [2.75, 3.05) is 0 Å². The minimum Gasteiger partial charge on any atom is -0.478 e. The average Bonchev–Trinajstić information content (AvgIpc) is 1.86. The first-order valence-electron chi connectivity index (χ1n) is 2.96. The molecule has 0 spiro atoms. The van der Waals surface area contributed by atoms with Crippen molar-refractivity contribution in [2.45, 2.75) is 6.92 Å². The molecule has 0 unspecified atom stereocenters. The van der Waals surface area contributed by atoms with Crippen molar-refractivity contribution >= 4 is 21.9 Å². The highest BCUT2D eigenvalue weighted by Gasteiger charge is 1.95. The molecule has 0 aromatic rings. The fraction of sp³-hybridized carbons (Fsp3) is 0.125. The van der Waals surface area contributed by atoms with Crippen molar-refractivity contribution in [1.82, 2.24) is 0 Å². The Kier molecular flexibility index (Phi) is 4.54. The van der Waals surface area contributed by atoms with Crippen molar-refractivity contribution in [1.29, 1.82) is 0 Å². The van der Waals surface area contributed by atoms with Gasteiger partial charge in [-0.3, -0.25) is 0 Å². The maximum atomic E-state index is 10.2. The van der Waals surface area contributed by atoms with Gasteiger partial charge in [0.2, 0.25) is 0 Å². The molecule has 0 radical (unpaired) electrons. The number of allylic oxidation sites excluding steroid dienone is 3. The Balaban J connectivity index is 4.05. The fourth-order valence-corrected chi connectivity index (χ4v) is 0.521. The Hall–Kier alpha value is -0.830. The number of hydrogen-bond donors (Lipinski definition) is 1. The second-order valence-electron chi connectivity index (χ2n) is 1.94. The Labute approximate surface area is 74.0 Å². The Bertz CT molecular complexity index is 222. The molecule has 0 aliphatic heterocycles. The zero-order valence-corrected chi connectivity index (χ0v) is 7.76. The van der Waals surface area contributed by atoms with E-state index in [4.69, 9.17) is 5.11 Å². The molecule has 0 bridgehead atoms. The SMILES string of the molecule is C=C(/C=C\C=C(/C)Br)C(=O)O. The van der Waals surface area contributed by atoms with Gasteiger partial charge in [-0.05, 0) is 17.5 Å². The van der Waals surface area contributed by atoms with E-state index in [1.54, 1.807) is 12.2 Å². The third-order valence-corrected chi connectivity index (χ3v) is 1.16. The summed E-state index contributed by atoms with van der Waals surface area (Å²) >= 11 is 3.19. The monoisotopic (exact) mass is 216 g/mol. The first-order chi connectivity index (χ1) is 5.04. The van der Waals surface area contributed by atoms with Gasteiger partial charge in [0.25, 0.3) is 0 Å². The van der Waals surface area contributed by atoms with Crippen molar-refractivity contribution < 1.29 is 9.90 Å². The zero-order chi connectivity index (χ0) is 8.85. The lowest BCUT2D eigenvalue weighted by Crippen LogP contribution is -1.94. The summed E-state index contributed by atoms with van der Waals surface area (Å²) < 4.78 is 0.937. The zero-order valence-electron chi connectivity index (χ0n) is 6.17. The second-order valence-corrected chi connectivity index (χ2v) is 3.19. The third kappa shape index (κ3) is 5.61. The van der Waals surface area contributed by atoms with Gasteiger partial charge in [-0.25, -0.2) is 4.79 Å². The summed E-state index contributed by atoms with van der Waals surface area (Å²) in [6, 6.07) is 0. The Morgan fingerprint density at radius 2 is 2.18 bits per heavy atom. The number of hydrogen-bond acceptors (Lipinski definition) is 1. The Morgan fingerprint density at radius 1 is 1.64 bits per heavy atom. The van der Waals surface area contributed by atoms with Crippen LogP contribution < -0.4 is 0 Å². The molecule has 0 rings (SSSR count). The van der Waals surface area contributed by atoms with Crippen LogP contribution in [0.3, 0.4) is 0 Å². The molecule has 0 saturated heterocycles. The van der Waals surface area contributed by atoms with Crippen molar-refractivity contribution in [3.8, 4) is 0 Å². The largest absolute Gasteiger partial charge is 0.478 e. The van der Waals surface area contributed by atoms with E-state index in [0.717, 1.165) is 4.48 Å². The van der Waals surface area contributed by atoms with Crippen LogP contribution in [0.15, 0.2) is 34.9 Å². The van der Waals surface area contributed by atoms with Crippen LogP contribution in [0.25, 0.3) is 0 Å². The molecule has 2 nitrogen and oxygen atoms in total. The van der Waals surface area contributed by atoms with Gasteiger partial charge in [0.1, 0.15) is 0 Å². The molecule has 3 heteroatoms. The molecular formula is C8H9BrO2. The van der Waals surface area contributed by atoms with Crippen LogP contribution in [0.1, 0.15) is 6.92 Å². The maximum absolute atomic E-state index is 10.2. The second kappa shape index (κ2) is 4.91. The first kappa shape index (κ1) is 10.2. The minimum atomic E-state index is -0.998. The number of carbonyl (C=O) groups is 1. The fourth-order valence-electron chi connectivity index (χ4n) is 0.368. The summed E-state index contributed by atoms with van der Waals surface area (Å²) in [6.45, 7) is 5.18. The quantitative estimate of drug-likeness (QED) is 0.582. The van der Waals surface area contributed by atoms with Crippen LogP contribution >= 0.6 is 15.9 Å². The number of carboxylic acids is 1. The summed E-state index contributed by atoms with van der Waals surface area (Å²) in [5.41, 5.74) is 0.0787. The normalized spacial score (nSPS) is 12.0. The molecule has 0 heterocycles. The molecule has 60 valence electrons. The molecule has 0 aromatic heterocycles. The lowest BCUT2D eigenvalue weighted by molar-refractivity contribution is -0.132. The molecule has 0 aromatic carbocycles. The summed E-state index contributed by atoms with van der Waals surface area (Å²) in [4.78, 5) is 10.2. The van der Waals surface area contributed by atoms with Crippen LogP contribution in [-0.2, 0) is 4.79 Å². The number of carboxylic acid groups (broad SMARTS) is 1. The summed E-state index contributed by atoms with van der Waals surface area (Å²) in [5, 5.41) is 8.36. The smallest absolute Gasteiger partial charge is 0.335 e. The van der Waals surface area contributed by atoms with Gasteiger partial charge in [0.15, 0.2) is 0 Å². The van der Waals surface area contributed by atoms with Crippen LogP contribution in [0.5, 0.6) is 0 Å². The van der Waals surface area contributed by atoms with E-state index in [9.17, 15) is 4.79 Å². The topological polar surface area (TPSA) is 37.3 Å². The molecule has 0 amide bonds. The molecular weight excluding hydrogens is 208 g/mol. The summed E-state index contributed by atoms with van der Waals surface area (Å²) in [7, 11) is 0. The number of halogens is 1.